The van der Waals surface area contributed by atoms with Gasteiger partial charge in [0.1, 0.15) is 11.6 Å². The number of rotatable bonds is 4. The first-order valence-corrected chi connectivity index (χ1v) is 6.40. The predicted octanol–water partition coefficient (Wildman–Crippen LogP) is 1.71. The number of aromatic nitrogens is 1. The van der Waals surface area contributed by atoms with Crippen LogP contribution in [0.2, 0.25) is 0 Å². The Morgan fingerprint density at radius 1 is 1.65 bits per heavy atom. The number of ether oxygens (including phenoxy) is 1. The first-order chi connectivity index (χ1) is 9.67. The van der Waals surface area contributed by atoms with Crippen molar-refractivity contribution in [2.24, 2.45) is 0 Å². The third-order valence-electron chi connectivity index (χ3n) is 3.16. The number of anilines is 1. The van der Waals surface area contributed by atoms with Gasteiger partial charge in [-0.15, -0.1) is 0 Å². The van der Waals surface area contributed by atoms with Crippen LogP contribution in [0.3, 0.4) is 0 Å². The van der Waals surface area contributed by atoms with Crippen molar-refractivity contribution >= 4 is 17.4 Å². The van der Waals surface area contributed by atoms with E-state index < -0.39 is 4.92 Å². The number of carbonyl (C=O) groups excluding carboxylic acids is 1. The fourth-order valence-electron chi connectivity index (χ4n) is 2.28. The molecule has 7 heteroatoms. The molecule has 1 aromatic heterocycles. The van der Waals surface area contributed by atoms with Crippen LogP contribution in [0.4, 0.5) is 11.5 Å². The lowest BCUT2D eigenvalue weighted by Gasteiger charge is -2.32. The van der Waals surface area contributed by atoms with E-state index in [2.05, 4.69) is 4.98 Å². The molecule has 0 bridgehead atoms. The highest BCUT2D eigenvalue weighted by Gasteiger charge is 2.30. The largest absolute Gasteiger partial charge is 0.378 e. The average molecular weight is 277 g/mol. The van der Waals surface area contributed by atoms with Crippen molar-refractivity contribution in [3.05, 3.63) is 34.1 Å². The van der Waals surface area contributed by atoms with Crippen molar-refractivity contribution in [1.29, 1.82) is 0 Å². The molecule has 1 unspecified atom stereocenters. The molecule has 0 saturated carbocycles. The van der Waals surface area contributed by atoms with E-state index in [9.17, 15) is 14.9 Å². The van der Waals surface area contributed by atoms with E-state index in [4.69, 9.17) is 4.74 Å². The van der Waals surface area contributed by atoms with Gasteiger partial charge in [0.15, 0.2) is 0 Å². The normalized spacial score (nSPS) is 18.8. The molecule has 20 heavy (non-hydrogen) atoms. The van der Waals surface area contributed by atoms with Gasteiger partial charge in [0.2, 0.25) is 5.82 Å². The molecule has 0 N–H and O–H groups in total. The second kappa shape index (κ2) is 6.27. The van der Waals surface area contributed by atoms with E-state index in [0.29, 0.717) is 31.7 Å². The summed E-state index contributed by atoms with van der Waals surface area (Å²) in [6.45, 7) is 2.91. The summed E-state index contributed by atoms with van der Waals surface area (Å²) in [6.07, 6.45) is 2.51. The molecule has 1 aromatic rings. The van der Waals surface area contributed by atoms with E-state index in [0.717, 1.165) is 0 Å². The lowest BCUT2D eigenvalue weighted by Crippen LogP contribution is -2.36. The van der Waals surface area contributed by atoms with Crippen LogP contribution >= 0.6 is 0 Å². The fourth-order valence-corrected chi connectivity index (χ4v) is 2.28. The Balaban J connectivity index is 2.30. The van der Waals surface area contributed by atoms with Gasteiger partial charge in [-0.05, 0) is 19.4 Å². The van der Waals surface area contributed by atoms with Gasteiger partial charge in [-0.25, -0.2) is 9.78 Å². The summed E-state index contributed by atoms with van der Waals surface area (Å²) < 4.78 is 5.50. The van der Waals surface area contributed by atoms with Crippen LogP contribution in [-0.2, 0) is 9.53 Å². The third-order valence-corrected chi connectivity index (χ3v) is 3.16. The average Bonchev–Trinajstić information content (AvgIpc) is 2.47. The molecule has 7 nitrogen and oxygen atoms in total. The third kappa shape index (κ3) is 2.84. The van der Waals surface area contributed by atoms with Crippen molar-refractivity contribution in [2.75, 3.05) is 18.1 Å². The second-order valence-electron chi connectivity index (χ2n) is 4.37. The summed E-state index contributed by atoms with van der Waals surface area (Å²) in [5.74, 6) is 2.04. The fraction of sp³-hybridized carbons (Fsp3) is 0.462. The van der Waals surface area contributed by atoms with Gasteiger partial charge < -0.3 is 9.64 Å². The molecular formula is C13H15N3O4. The smallest absolute Gasteiger partial charge is 0.311 e. The van der Waals surface area contributed by atoms with Crippen molar-refractivity contribution in [1.82, 2.24) is 4.98 Å². The van der Waals surface area contributed by atoms with Crippen molar-refractivity contribution in [3.8, 4) is 0 Å². The molecule has 1 aliphatic heterocycles. The molecule has 0 aromatic carbocycles. The zero-order valence-corrected chi connectivity index (χ0v) is 11.1. The molecule has 0 spiro atoms. The van der Waals surface area contributed by atoms with Crippen molar-refractivity contribution in [2.45, 2.75) is 25.9 Å². The number of nitro groups is 1. The predicted molar refractivity (Wildman–Crippen MR) is 72.1 cm³/mol. The van der Waals surface area contributed by atoms with Gasteiger partial charge in [0.05, 0.1) is 11.0 Å². The number of hydrogen-bond acceptors (Lipinski definition) is 6. The molecule has 106 valence electrons. The van der Waals surface area contributed by atoms with E-state index >= 15 is 0 Å². The van der Waals surface area contributed by atoms with Gasteiger partial charge in [-0.1, -0.05) is 0 Å². The Labute approximate surface area is 116 Å². The Morgan fingerprint density at radius 3 is 3.10 bits per heavy atom. The van der Waals surface area contributed by atoms with E-state index in [-0.39, 0.29) is 17.6 Å². The molecule has 1 aliphatic rings. The summed E-state index contributed by atoms with van der Waals surface area (Å²) in [6, 6.07) is 2.87. The summed E-state index contributed by atoms with van der Waals surface area (Å²) in [4.78, 5) is 27.2. The quantitative estimate of drug-likeness (QED) is 0.473. The minimum atomic E-state index is -0.501. The summed E-state index contributed by atoms with van der Waals surface area (Å²) in [7, 11) is 0. The van der Waals surface area contributed by atoms with E-state index in [1.165, 1.54) is 18.3 Å². The zero-order chi connectivity index (χ0) is 14.5. The topological polar surface area (TPSA) is 85.6 Å². The van der Waals surface area contributed by atoms with Crippen LogP contribution in [0, 0.1) is 10.1 Å². The zero-order valence-electron chi connectivity index (χ0n) is 11.1. The van der Waals surface area contributed by atoms with Crippen LogP contribution < -0.4 is 4.90 Å². The summed E-state index contributed by atoms with van der Waals surface area (Å²) >= 11 is 0. The van der Waals surface area contributed by atoms with Crippen LogP contribution in [0.25, 0.3) is 0 Å². The van der Waals surface area contributed by atoms with Crippen LogP contribution in [0.1, 0.15) is 19.8 Å². The highest BCUT2D eigenvalue weighted by Crippen LogP contribution is 2.32. The molecular weight excluding hydrogens is 262 g/mol. The summed E-state index contributed by atoms with van der Waals surface area (Å²) in [5.41, 5.74) is 0.228. The number of piperidine rings is 1. The minimum absolute atomic E-state index is 0.0459. The minimum Gasteiger partial charge on any atom is -0.378 e. The van der Waals surface area contributed by atoms with Gasteiger partial charge in [-0.2, -0.15) is 0 Å². The number of nitrogens with zero attached hydrogens (tertiary/aromatic N) is 3. The summed E-state index contributed by atoms with van der Waals surface area (Å²) in [5, 5.41) is 11.0. The maximum absolute atomic E-state index is 11.1. The lowest BCUT2D eigenvalue weighted by atomic mass is 10.0. The highest BCUT2D eigenvalue weighted by molar-refractivity contribution is 5.68. The maximum atomic E-state index is 11.1. The Hall–Kier alpha value is -2.24. The molecule has 0 amide bonds. The molecule has 0 aliphatic carbocycles. The molecule has 1 fully saturated rings. The van der Waals surface area contributed by atoms with Gasteiger partial charge in [0, 0.05) is 31.8 Å². The number of hydrogen-bond donors (Lipinski definition) is 0. The Morgan fingerprint density at radius 2 is 2.45 bits per heavy atom. The van der Waals surface area contributed by atoms with Gasteiger partial charge in [-0.3, -0.25) is 10.1 Å². The van der Waals surface area contributed by atoms with Crippen LogP contribution in [-0.4, -0.2) is 35.1 Å². The van der Waals surface area contributed by atoms with Crippen molar-refractivity contribution in [3.63, 3.8) is 0 Å². The Bertz CT molecular complexity index is 554. The lowest BCUT2D eigenvalue weighted by molar-refractivity contribution is -0.384. The first kappa shape index (κ1) is 14.2. The first-order valence-electron chi connectivity index (χ1n) is 6.40. The highest BCUT2D eigenvalue weighted by atomic mass is 16.6. The van der Waals surface area contributed by atoms with Crippen molar-refractivity contribution < 1.29 is 14.5 Å². The van der Waals surface area contributed by atoms with E-state index in [1.807, 2.05) is 12.9 Å². The van der Waals surface area contributed by atoms with Crippen LogP contribution in [0.15, 0.2) is 24.0 Å². The van der Waals surface area contributed by atoms with Crippen LogP contribution in [0.5, 0.6) is 0 Å². The standard InChI is InChI=1S/C13H15N3O4/c1-2-20-11-5-7-15(10(8-11)9-17)13-12(16(18)19)4-3-6-14-13/h3-4,6,11H,2,5,7-8H2,1H3. The number of pyridine rings is 1. The van der Waals surface area contributed by atoms with E-state index in [1.54, 1.807) is 4.90 Å². The maximum Gasteiger partial charge on any atom is 0.311 e. The second-order valence-corrected chi connectivity index (χ2v) is 4.37. The molecule has 1 saturated heterocycles. The molecule has 2 rings (SSSR count). The SMILES string of the molecule is CCOC1CCN(c2ncccc2[N+](=O)[O-])C(=C=O)C1. The monoisotopic (exact) mass is 277 g/mol. The Kier molecular flexibility index (Phi) is 4.45. The molecule has 0 radical (unpaired) electrons. The molecule has 2 heterocycles. The van der Waals surface area contributed by atoms with Gasteiger partial charge >= 0.3 is 5.69 Å². The molecule has 1 atom stereocenters. The van der Waals surface area contributed by atoms with Gasteiger partial charge in [0.25, 0.3) is 0 Å².